The first-order valence-corrected chi connectivity index (χ1v) is 10.9. The van der Waals surface area contributed by atoms with Crippen LogP contribution in [0.3, 0.4) is 0 Å². The summed E-state index contributed by atoms with van der Waals surface area (Å²) in [7, 11) is 0. The summed E-state index contributed by atoms with van der Waals surface area (Å²) in [6, 6.07) is 20.4. The molecule has 1 aromatic heterocycles. The Morgan fingerprint density at radius 2 is 1.90 bits per heavy atom. The van der Waals surface area contributed by atoms with Gasteiger partial charge in [0.25, 0.3) is 11.5 Å². The van der Waals surface area contributed by atoms with Crippen LogP contribution < -0.4 is 10.9 Å². The van der Waals surface area contributed by atoms with Gasteiger partial charge in [0.1, 0.15) is 5.56 Å². The van der Waals surface area contributed by atoms with Gasteiger partial charge in [0, 0.05) is 11.4 Å². The van der Waals surface area contributed by atoms with Gasteiger partial charge in [0.2, 0.25) is 0 Å². The van der Waals surface area contributed by atoms with E-state index < -0.39 is 11.5 Å². The summed E-state index contributed by atoms with van der Waals surface area (Å²) >= 11 is 0. The molecule has 1 heterocycles. The van der Waals surface area contributed by atoms with Gasteiger partial charge in [-0.05, 0) is 54.2 Å². The van der Waals surface area contributed by atoms with E-state index in [1.165, 1.54) is 12.8 Å². The second kappa shape index (κ2) is 9.75. The molecule has 0 bridgehead atoms. The Hall–Kier alpha value is -3.18. The maximum Gasteiger partial charge on any atom is 0.261 e. The molecule has 1 fully saturated rings. The Balaban J connectivity index is 1.40. The van der Waals surface area contributed by atoms with E-state index in [4.69, 9.17) is 4.74 Å². The van der Waals surface area contributed by atoms with E-state index in [-0.39, 0.29) is 5.56 Å². The van der Waals surface area contributed by atoms with Crippen molar-refractivity contribution >= 4 is 11.6 Å². The zero-order chi connectivity index (χ0) is 21.6. The number of anilines is 1. The average Bonchev–Trinajstić information content (AvgIpc) is 2.78. The Labute approximate surface area is 182 Å². The predicted octanol–water partition coefficient (Wildman–Crippen LogP) is 5.39. The number of amides is 1. The molecule has 2 N–H and O–H groups in total. The highest BCUT2D eigenvalue weighted by Crippen LogP contribution is 2.26. The van der Waals surface area contributed by atoms with Crippen molar-refractivity contribution in [3.63, 3.8) is 0 Å². The van der Waals surface area contributed by atoms with Crippen LogP contribution in [-0.4, -0.2) is 17.0 Å². The zero-order valence-corrected chi connectivity index (χ0v) is 17.8. The third-order valence-corrected chi connectivity index (χ3v) is 5.80. The number of carbonyl (C=O) groups is 1. The van der Waals surface area contributed by atoms with Crippen molar-refractivity contribution in [1.29, 1.82) is 0 Å². The van der Waals surface area contributed by atoms with Crippen molar-refractivity contribution in [3.8, 4) is 11.3 Å². The highest BCUT2D eigenvalue weighted by atomic mass is 16.5. The zero-order valence-electron chi connectivity index (χ0n) is 17.8. The minimum atomic E-state index is -0.431. The summed E-state index contributed by atoms with van der Waals surface area (Å²) in [6.45, 7) is 2.80. The number of rotatable bonds is 6. The van der Waals surface area contributed by atoms with E-state index in [2.05, 4.69) is 17.2 Å². The van der Waals surface area contributed by atoms with E-state index in [1.54, 1.807) is 12.1 Å². The van der Waals surface area contributed by atoms with E-state index >= 15 is 0 Å². The number of hydrogen-bond donors (Lipinski definition) is 2. The number of H-pyrrole nitrogens is 1. The highest BCUT2D eigenvalue weighted by molar-refractivity contribution is 6.04. The molecule has 0 spiro atoms. The van der Waals surface area contributed by atoms with E-state index in [0.29, 0.717) is 24.1 Å². The smallest absolute Gasteiger partial charge is 0.261 e. The van der Waals surface area contributed by atoms with E-state index in [9.17, 15) is 9.59 Å². The molecular weight excluding hydrogens is 388 g/mol. The summed E-state index contributed by atoms with van der Waals surface area (Å²) in [5.41, 5.74) is 2.89. The molecule has 2 aromatic carbocycles. The second-order valence-corrected chi connectivity index (χ2v) is 8.34. The van der Waals surface area contributed by atoms with Gasteiger partial charge in [-0.15, -0.1) is 0 Å². The van der Waals surface area contributed by atoms with Crippen LogP contribution in [0.4, 0.5) is 5.69 Å². The van der Waals surface area contributed by atoms with Crippen LogP contribution in [-0.2, 0) is 11.3 Å². The molecule has 5 heteroatoms. The molecule has 160 valence electrons. The lowest BCUT2D eigenvalue weighted by Crippen LogP contribution is -2.23. The Bertz CT molecular complexity index is 1090. The topological polar surface area (TPSA) is 71.2 Å². The number of nitrogens with one attached hydrogen (secondary N) is 2. The maximum atomic E-state index is 12.7. The first-order chi connectivity index (χ1) is 15.1. The number of benzene rings is 2. The summed E-state index contributed by atoms with van der Waals surface area (Å²) in [5.74, 6) is 0.288. The Morgan fingerprint density at radius 3 is 2.68 bits per heavy atom. The van der Waals surface area contributed by atoms with E-state index in [0.717, 1.165) is 29.9 Å². The van der Waals surface area contributed by atoms with Crippen LogP contribution in [0.5, 0.6) is 0 Å². The van der Waals surface area contributed by atoms with Crippen molar-refractivity contribution in [2.45, 2.75) is 45.3 Å². The second-order valence-electron chi connectivity index (χ2n) is 8.34. The first-order valence-electron chi connectivity index (χ1n) is 10.9. The van der Waals surface area contributed by atoms with Gasteiger partial charge in [-0.3, -0.25) is 9.59 Å². The third-order valence-electron chi connectivity index (χ3n) is 5.80. The fourth-order valence-electron chi connectivity index (χ4n) is 4.12. The van der Waals surface area contributed by atoms with Crippen molar-refractivity contribution in [3.05, 3.63) is 88.2 Å². The minimum Gasteiger partial charge on any atom is -0.374 e. The average molecular weight is 417 g/mol. The summed E-state index contributed by atoms with van der Waals surface area (Å²) in [4.78, 5) is 27.9. The number of aromatic amines is 1. The predicted molar refractivity (Wildman–Crippen MR) is 123 cm³/mol. The molecule has 0 saturated heterocycles. The fourth-order valence-corrected chi connectivity index (χ4v) is 4.12. The molecule has 1 amide bonds. The molecule has 1 aliphatic rings. The minimum absolute atomic E-state index is 0.0810. The van der Waals surface area contributed by atoms with Gasteiger partial charge in [-0.1, -0.05) is 62.2 Å². The summed E-state index contributed by atoms with van der Waals surface area (Å²) in [5, 5.41) is 2.83. The highest BCUT2D eigenvalue weighted by Gasteiger charge is 2.19. The number of carbonyl (C=O) groups excluding carboxylic acids is 1. The SMILES string of the molecule is CC1CCCC(OCc2cccc(NC(=O)c3ccc(-c4ccccc4)[nH]c3=O)c2)C1. The lowest BCUT2D eigenvalue weighted by Gasteiger charge is -2.26. The van der Waals surface area contributed by atoms with Gasteiger partial charge < -0.3 is 15.0 Å². The molecule has 0 radical (unpaired) electrons. The van der Waals surface area contributed by atoms with Crippen molar-refractivity contribution in [2.75, 3.05) is 5.32 Å². The lowest BCUT2D eigenvalue weighted by atomic mass is 9.89. The van der Waals surface area contributed by atoms with Crippen molar-refractivity contribution < 1.29 is 9.53 Å². The van der Waals surface area contributed by atoms with Gasteiger partial charge in [-0.2, -0.15) is 0 Å². The van der Waals surface area contributed by atoms with E-state index in [1.807, 2.05) is 54.6 Å². The van der Waals surface area contributed by atoms with Crippen LogP contribution in [0.2, 0.25) is 0 Å². The molecule has 5 nitrogen and oxygen atoms in total. The number of hydrogen-bond acceptors (Lipinski definition) is 3. The maximum absolute atomic E-state index is 12.7. The van der Waals surface area contributed by atoms with Gasteiger partial charge in [0.05, 0.1) is 12.7 Å². The molecule has 2 atom stereocenters. The van der Waals surface area contributed by atoms with Crippen LogP contribution in [0.1, 0.15) is 48.5 Å². The van der Waals surface area contributed by atoms with Crippen LogP contribution in [0, 0.1) is 5.92 Å². The molecule has 1 saturated carbocycles. The van der Waals surface area contributed by atoms with Gasteiger partial charge in [-0.25, -0.2) is 0 Å². The molecule has 3 aromatic rings. The molecule has 2 unspecified atom stereocenters. The fraction of sp³-hybridized carbons (Fsp3) is 0.308. The van der Waals surface area contributed by atoms with Crippen LogP contribution in [0.15, 0.2) is 71.5 Å². The normalized spacial score (nSPS) is 18.5. The lowest BCUT2D eigenvalue weighted by molar-refractivity contribution is 0.00468. The number of ether oxygens (including phenoxy) is 1. The number of aromatic nitrogens is 1. The Kier molecular flexibility index (Phi) is 6.63. The first kappa shape index (κ1) is 21.1. The van der Waals surface area contributed by atoms with Crippen molar-refractivity contribution in [1.82, 2.24) is 4.98 Å². The van der Waals surface area contributed by atoms with Gasteiger partial charge >= 0.3 is 0 Å². The largest absolute Gasteiger partial charge is 0.374 e. The quantitative estimate of drug-likeness (QED) is 0.566. The molecule has 4 rings (SSSR count). The Morgan fingerprint density at radius 1 is 1.06 bits per heavy atom. The third kappa shape index (κ3) is 5.50. The molecule has 31 heavy (non-hydrogen) atoms. The standard InChI is InChI=1S/C26H28N2O3/c1-18-7-5-12-22(15-18)31-17-19-8-6-11-21(16-19)27-25(29)23-13-14-24(28-26(23)30)20-9-3-2-4-10-20/h2-4,6,8-11,13-14,16,18,22H,5,7,12,15,17H2,1H3,(H,27,29)(H,28,30). The van der Waals surface area contributed by atoms with Crippen LogP contribution >= 0.6 is 0 Å². The molecular formula is C26H28N2O3. The number of pyridine rings is 1. The molecule has 0 aliphatic heterocycles. The van der Waals surface area contributed by atoms with Crippen LogP contribution in [0.25, 0.3) is 11.3 Å². The summed E-state index contributed by atoms with van der Waals surface area (Å²) in [6.07, 6.45) is 5.04. The monoisotopic (exact) mass is 416 g/mol. The summed E-state index contributed by atoms with van der Waals surface area (Å²) < 4.78 is 6.09. The van der Waals surface area contributed by atoms with Crippen molar-refractivity contribution in [2.24, 2.45) is 5.92 Å². The molecule has 1 aliphatic carbocycles. The van der Waals surface area contributed by atoms with Gasteiger partial charge in [0.15, 0.2) is 0 Å².